The minimum absolute atomic E-state index is 0.122. The monoisotopic (exact) mass is 297 g/mol. The van der Waals surface area contributed by atoms with Gasteiger partial charge in [-0.3, -0.25) is 4.79 Å². The molecule has 0 saturated carbocycles. The number of hydrogen-bond donors (Lipinski definition) is 0. The second-order valence-corrected chi connectivity index (χ2v) is 6.24. The third-order valence-corrected chi connectivity index (χ3v) is 4.30. The molecule has 0 radical (unpaired) electrons. The molecule has 1 aliphatic heterocycles. The summed E-state index contributed by atoms with van der Waals surface area (Å²) in [6.45, 7) is 4.63. The number of aromatic nitrogens is 1. The van der Waals surface area contributed by atoms with Gasteiger partial charge in [0.15, 0.2) is 0 Å². The lowest BCUT2D eigenvalue weighted by Gasteiger charge is -2.35. The van der Waals surface area contributed by atoms with Crippen molar-refractivity contribution in [3.8, 4) is 0 Å². The largest absolute Gasteiger partial charge is 0.348 e. The van der Waals surface area contributed by atoms with Crippen molar-refractivity contribution in [3.05, 3.63) is 59.4 Å². The van der Waals surface area contributed by atoms with Gasteiger partial charge in [-0.2, -0.15) is 0 Å². The third kappa shape index (κ3) is 2.79. The van der Waals surface area contributed by atoms with Gasteiger partial charge < -0.3 is 14.4 Å². The summed E-state index contributed by atoms with van der Waals surface area (Å²) in [7, 11) is 4.09. The Bertz CT molecular complexity index is 657. The molecule has 0 unspecified atom stereocenters. The van der Waals surface area contributed by atoms with Crippen LogP contribution in [0.4, 0.5) is 0 Å². The lowest BCUT2D eigenvalue weighted by Crippen LogP contribution is -2.40. The summed E-state index contributed by atoms with van der Waals surface area (Å²) in [4.78, 5) is 16.9. The number of fused-ring (bicyclic) bond motifs is 1. The number of carbonyl (C=O) groups is 1. The summed E-state index contributed by atoms with van der Waals surface area (Å²) in [5, 5.41) is 0. The average molecular weight is 297 g/mol. The van der Waals surface area contributed by atoms with Crippen LogP contribution in [0.3, 0.4) is 0 Å². The zero-order valence-electron chi connectivity index (χ0n) is 13.5. The van der Waals surface area contributed by atoms with Crippen molar-refractivity contribution in [2.75, 3.05) is 20.6 Å². The van der Waals surface area contributed by atoms with Gasteiger partial charge in [-0.05, 0) is 50.8 Å². The number of nitrogens with zero attached hydrogens (tertiary/aromatic N) is 3. The van der Waals surface area contributed by atoms with Gasteiger partial charge in [0.05, 0.1) is 6.04 Å². The van der Waals surface area contributed by atoms with E-state index in [0.717, 1.165) is 25.2 Å². The van der Waals surface area contributed by atoms with E-state index in [1.807, 2.05) is 43.3 Å². The van der Waals surface area contributed by atoms with Crippen molar-refractivity contribution in [1.82, 2.24) is 14.4 Å². The van der Waals surface area contributed by atoms with Gasteiger partial charge in [0.2, 0.25) is 0 Å². The van der Waals surface area contributed by atoms with Crippen molar-refractivity contribution in [2.45, 2.75) is 26.1 Å². The smallest absolute Gasteiger partial charge is 0.254 e. The van der Waals surface area contributed by atoms with E-state index in [1.165, 1.54) is 11.3 Å². The topological polar surface area (TPSA) is 28.5 Å². The van der Waals surface area contributed by atoms with Crippen LogP contribution in [0.25, 0.3) is 0 Å². The van der Waals surface area contributed by atoms with Crippen molar-refractivity contribution < 1.29 is 4.79 Å². The quantitative estimate of drug-likeness (QED) is 0.871. The van der Waals surface area contributed by atoms with Gasteiger partial charge in [-0.25, -0.2) is 0 Å². The Kier molecular flexibility index (Phi) is 4.03. The van der Waals surface area contributed by atoms with E-state index in [2.05, 4.69) is 34.7 Å². The number of carbonyl (C=O) groups excluding carboxylic acids is 1. The second kappa shape index (κ2) is 5.97. The maximum Gasteiger partial charge on any atom is 0.254 e. The normalized spacial score (nSPS) is 17.6. The highest BCUT2D eigenvalue weighted by Gasteiger charge is 2.27. The fourth-order valence-electron chi connectivity index (χ4n) is 3.14. The van der Waals surface area contributed by atoms with E-state index >= 15 is 0 Å². The minimum atomic E-state index is 0.122. The highest BCUT2D eigenvalue weighted by atomic mass is 16.2. The van der Waals surface area contributed by atoms with Crippen LogP contribution in [-0.2, 0) is 13.1 Å². The Morgan fingerprint density at radius 2 is 1.91 bits per heavy atom. The third-order valence-electron chi connectivity index (χ3n) is 4.30. The second-order valence-electron chi connectivity index (χ2n) is 6.24. The van der Waals surface area contributed by atoms with Crippen LogP contribution in [-0.4, -0.2) is 40.9 Å². The Hall–Kier alpha value is -2.07. The predicted octanol–water partition coefficient (Wildman–Crippen LogP) is 2.77. The van der Waals surface area contributed by atoms with Crippen molar-refractivity contribution >= 4 is 5.91 Å². The SMILES string of the molecule is C[C@@H]1c2cccn2CCN1C(=O)c1ccc(CN(C)C)cc1. The van der Waals surface area contributed by atoms with Gasteiger partial charge in [0.1, 0.15) is 0 Å². The molecule has 1 aromatic carbocycles. The van der Waals surface area contributed by atoms with Gasteiger partial charge >= 0.3 is 0 Å². The minimum Gasteiger partial charge on any atom is -0.348 e. The molecule has 1 aromatic heterocycles. The first-order valence-corrected chi connectivity index (χ1v) is 7.76. The molecule has 116 valence electrons. The Balaban J connectivity index is 1.77. The zero-order chi connectivity index (χ0) is 15.7. The van der Waals surface area contributed by atoms with Crippen molar-refractivity contribution in [3.63, 3.8) is 0 Å². The molecule has 4 nitrogen and oxygen atoms in total. The first kappa shape index (κ1) is 14.9. The molecule has 4 heteroatoms. The van der Waals surface area contributed by atoms with Crippen LogP contribution in [0, 0.1) is 0 Å². The van der Waals surface area contributed by atoms with E-state index in [1.54, 1.807) is 0 Å². The number of amides is 1. The molecule has 1 atom stereocenters. The Morgan fingerprint density at radius 3 is 2.59 bits per heavy atom. The van der Waals surface area contributed by atoms with Crippen LogP contribution in [0.5, 0.6) is 0 Å². The van der Waals surface area contributed by atoms with Crippen LogP contribution in [0.15, 0.2) is 42.6 Å². The molecule has 2 aromatic rings. The molecule has 0 bridgehead atoms. The molecule has 0 N–H and O–H groups in total. The number of hydrogen-bond acceptors (Lipinski definition) is 2. The van der Waals surface area contributed by atoms with E-state index in [9.17, 15) is 4.79 Å². The maximum atomic E-state index is 12.8. The molecule has 0 fully saturated rings. The Labute approximate surface area is 132 Å². The number of benzene rings is 1. The van der Waals surface area contributed by atoms with Gasteiger partial charge in [-0.1, -0.05) is 12.1 Å². The van der Waals surface area contributed by atoms with E-state index in [4.69, 9.17) is 0 Å². The van der Waals surface area contributed by atoms with Gasteiger partial charge in [0.25, 0.3) is 5.91 Å². The standard InChI is InChI=1S/C18H23N3O/c1-14-17-5-4-10-20(17)11-12-21(14)18(22)16-8-6-15(7-9-16)13-19(2)3/h4-10,14H,11-13H2,1-3H3/t14-/m1/s1. The molecule has 1 amide bonds. The molecular formula is C18H23N3O. The molecular weight excluding hydrogens is 274 g/mol. The molecule has 1 aliphatic rings. The summed E-state index contributed by atoms with van der Waals surface area (Å²) < 4.78 is 2.23. The fourth-order valence-corrected chi connectivity index (χ4v) is 3.14. The summed E-state index contributed by atoms with van der Waals surface area (Å²) in [6.07, 6.45) is 2.09. The van der Waals surface area contributed by atoms with Crippen LogP contribution < -0.4 is 0 Å². The highest BCUT2D eigenvalue weighted by molar-refractivity contribution is 5.94. The average Bonchev–Trinajstić information content (AvgIpc) is 2.96. The van der Waals surface area contributed by atoms with Crippen LogP contribution in [0.1, 0.15) is 34.6 Å². The molecule has 22 heavy (non-hydrogen) atoms. The molecule has 0 saturated heterocycles. The molecule has 3 rings (SSSR count). The first-order chi connectivity index (χ1) is 10.6. The van der Waals surface area contributed by atoms with Crippen LogP contribution >= 0.6 is 0 Å². The summed E-state index contributed by atoms with van der Waals surface area (Å²) in [5.41, 5.74) is 3.21. The predicted molar refractivity (Wildman–Crippen MR) is 87.7 cm³/mol. The molecule has 2 heterocycles. The van der Waals surface area contributed by atoms with Crippen molar-refractivity contribution in [2.24, 2.45) is 0 Å². The maximum absolute atomic E-state index is 12.8. The highest BCUT2D eigenvalue weighted by Crippen LogP contribution is 2.26. The van der Waals surface area contributed by atoms with E-state index in [0.29, 0.717) is 0 Å². The molecule has 0 spiro atoms. The fraction of sp³-hybridized carbons (Fsp3) is 0.389. The van der Waals surface area contributed by atoms with Gasteiger partial charge in [-0.15, -0.1) is 0 Å². The number of rotatable bonds is 3. The first-order valence-electron chi connectivity index (χ1n) is 7.76. The summed E-state index contributed by atoms with van der Waals surface area (Å²) in [6, 6.07) is 12.3. The van der Waals surface area contributed by atoms with Gasteiger partial charge in [0, 0.05) is 37.1 Å². The Morgan fingerprint density at radius 1 is 1.18 bits per heavy atom. The van der Waals surface area contributed by atoms with Crippen molar-refractivity contribution in [1.29, 1.82) is 0 Å². The summed E-state index contributed by atoms with van der Waals surface area (Å²) >= 11 is 0. The lowest BCUT2D eigenvalue weighted by atomic mass is 10.1. The van der Waals surface area contributed by atoms with E-state index < -0.39 is 0 Å². The van der Waals surface area contributed by atoms with Crippen LogP contribution in [0.2, 0.25) is 0 Å². The lowest BCUT2D eigenvalue weighted by molar-refractivity contribution is 0.0644. The van der Waals surface area contributed by atoms with E-state index in [-0.39, 0.29) is 11.9 Å². The summed E-state index contributed by atoms with van der Waals surface area (Å²) in [5.74, 6) is 0.122. The zero-order valence-corrected chi connectivity index (χ0v) is 13.5. The molecule has 0 aliphatic carbocycles.